The molecule has 2 heterocycles. The molecule has 174 valence electrons. The van der Waals surface area contributed by atoms with E-state index >= 15 is 0 Å². The number of aromatic nitrogens is 4. The molecule has 0 unspecified atom stereocenters. The smallest absolute Gasteiger partial charge is 0.325 e. The van der Waals surface area contributed by atoms with Gasteiger partial charge in [0.1, 0.15) is 11.6 Å². The first kappa shape index (κ1) is 23.1. The predicted molar refractivity (Wildman–Crippen MR) is 123 cm³/mol. The largest absolute Gasteiger partial charge is 0.417 e. The third-order valence-electron chi connectivity index (χ3n) is 4.67. The summed E-state index contributed by atoms with van der Waals surface area (Å²) in [6.07, 6.45) is -1.41. The molecule has 0 aliphatic rings. The van der Waals surface area contributed by atoms with Gasteiger partial charge in [-0.15, -0.1) is 0 Å². The molecule has 4 aromatic rings. The fraction of sp³-hybridized carbons (Fsp3) is 0.0909. The summed E-state index contributed by atoms with van der Waals surface area (Å²) in [6.45, 7) is 1.82. The van der Waals surface area contributed by atoms with Crippen molar-refractivity contribution in [1.82, 2.24) is 20.2 Å². The van der Waals surface area contributed by atoms with Crippen molar-refractivity contribution in [2.24, 2.45) is 0 Å². The Kier molecular flexibility index (Phi) is 6.37. The van der Waals surface area contributed by atoms with Crippen molar-refractivity contribution < 1.29 is 18.0 Å². The van der Waals surface area contributed by atoms with Gasteiger partial charge in [0.25, 0.3) is 0 Å². The standard InChI is InChI=1S/C22H17ClF3N7O/c1-12-10-13(29-21(34)30-14-3-5-17(23)16(11-14)22(24,25)26)2-4-15(12)20-27-8-6-18(32-20)31-19-7-9-28-33-19/h2-11H,1H3,(H2,29,30,34)(H2,27,28,31,32,33). The number of alkyl halides is 3. The van der Waals surface area contributed by atoms with Crippen molar-refractivity contribution >= 4 is 40.6 Å². The quantitative estimate of drug-likeness (QED) is 0.267. The molecule has 0 saturated heterocycles. The Labute approximate surface area is 196 Å². The fourth-order valence-electron chi connectivity index (χ4n) is 3.13. The number of benzene rings is 2. The van der Waals surface area contributed by atoms with Crippen LogP contribution in [0.3, 0.4) is 0 Å². The highest BCUT2D eigenvalue weighted by molar-refractivity contribution is 6.31. The number of rotatable bonds is 5. The monoisotopic (exact) mass is 487 g/mol. The van der Waals surface area contributed by atoms with Crippen LogP contribution in [0, 0.1) is 6.92 Å². The lowest BCUT2D eigenvalue weighted by molar-refractivity contribution is -0.137. The number of urea groups is 1. The zero-order valence-electron chi connectivity index (χ0n) is 17.5. The Bertz CT molecular complexity index is 1330. The van der Waals surface area contributed by atoms with Gasteiger partial charge in [-0.25, -0.2) is 14.8 Å². The maximum absolute atomic E-state index is 13.0. The lowest BCUT2D eigenvalue weighted by Gasteiger charge is -2.13. The van der Waals surface area contributed by atoms with Crippen LogP contribution < -0.4 is 16.0 Å². The topological polar surface area (TPSA) is 108 Å². The highest BCUT2D eigenvalue weighted by atomic mass is 35.5. The van der Waals surface area contributed by atoms with Crippen LogP contribution in [0.2, 0.25) is 5.02 Å². The summed E-state index contributed by atoms with van der Waals surface area (Å²) in [5.74, 6) is 1.71. The molecule has 0 saturated carbocycles. The summed E-state index contributed by atoms with van der Waals surface area (Å²) in [6, 6.07) is 11.0. The van der Waals surface area contributed by atoms with E-state index in [1.807, 2.05) is 6.92 Å². The van der Waals surface area contributed by atoms with Crippen LogP contribution in [0.4, 0.5) is 41.0 Å². The van der Waals surface area contributed by atoms with Gasteiger partial charge in [-0.3, -0.25) is 5.10 Å². The third-order valence-corrected chi connectivity index (χ3v) is 5.00. The first-order valence-electron chi connectivity index (χ1n) is 9.84. The zero-order valence-corrected chi connectivity index (χ0v) is 18.3. The summed E-state index contributed by atoms with van der Waals surface area (Å²) in [7, 11) is 0. The minimum absolute atomic E-state index is 0.0439. The number of aryl methyl sites for hydroxylation is 1. The first-order valence-corrected chi connectivity index (χ1v) is 10.2. The van der Waals surface area contributed by atoms with Gasteiger partial charge in [0.2, 0.25) is 0 Å². The Morgan fingerprint density at radius 2 is 1.74 bits per heavy atom. The van der Waals surface area contributed by atoms with Crippen molar-refractivity contribution in [1.29, 1.82) is 0 Å². The number of H-pyrrole nitrogens is 1. The van der Waals surface area contributed by atoms with Gasteiger partial charge in [-0.05, 0) is 55.0 Å². The van der Waals surface area contributed by atoms with Crippen LogP contribution in [0.15, 0.2) is 60.9 Å². The van der Waals surface area contributed by atoms with E-state index in [2.05, 4.69) is 36.1 Å². The highest BCUT2D eigenvalue weighted by Crippen LogP contribution is 2.36. The van der Waals surface area contributed by atoms with E-state index in [0.29, 0.717) is 23.1 Å². The molecule has 2 aromatic carbocycles. The number of anilines is 4. The van der Waals surface area contributed by atoms with Crippen LogP contribution in [-0.2, 0) is 6.18 Å². The lowest BCUT2D eigenvalue weighted by atomic mass is 10.1. The van der Waals surface area contributed by atoms with Gasteiger partial charge < -0.3 is 16.0 Å². The van der Waals surface area contributed by atoms with Crippen molar-refractivity contribution in [3.8, 4) is 11.4 Å². The van der Waals surface area contributed by atoms with Crippen LogP contribution in [0.5, 0.6) is 0 Å². The van der Waals surface area contributed by atoms with Gasteiger partial charge in [-0.2, -0.15) is 18.3 Å². The molecule has 0 bridgehead atoms. The van der Waals surface area contributed by atoms with E-state index in [9.17, 15) is 18.0 Å². The molecule has 0 spiro atoms. The van der Waals surface area contributed by atoms with E-state index in [1.54, 1.807) is 42.7 Å². The maximum atomic E-state index is 13.0. The number of hydrogen-bond acceptors (Lipinski definition) is 5. The molecule has 2 aromatic heterocycles. The molecule has 12 heteroatoms. The highest BCUT2D eigenvalue weighted by Gasteiger charge is 2.33. The average Bonchev–Trinajstić information content (AvgIpc) is 3.27. The van der Waals surface area contributed by atoms with Crippen LogP contribution in [-0.4, -0.2) is 26.2 Å². The zero-order chi connectivity index (χ0) is 24.3. The van der Waals surface area contributed by atoms with Gasteiger partial charge in [0.15, 0.2) is 5.82 Å². The van der Waals surface area contributed by atoms with Crippen LogP contribution in [0.25, 0.3) is 11.4 Å². The minimum atomic E-state index is -4.63. The lowest BCUT2D eigenvalue weighted by Crippen LogP contribution is -2.20. The number of nitrogens with one attached hydrogen (secondary N) is 4. The van der Waals surface area contributed by atoms with Crippen molar-refractivity contribution in [2.75, 3.05) is 16.0 Å². The Hall–Kier alpha value is -4.12. The molecule has 4 rings (SSSR count). The molecular formula is C22H17ClF3N7O. The summed E-state index contributed by atoms with van der Waals surface area (Å²) in [5.41, 5.74) is 0.888. The average molecular weight is 488 g/mol. The van der Waals surface area contributed by atoms with E-state index < -0.39 is 22.8 Å². The number of carbonyl (C=O) groups is 1. The molecule has 0 fully saturated rings. The van der Waals surface area contributed by atoms with Crippen LogP contribution in [0.1, 0.15) is 11.1 Å². The number of aromatic amines is 1. The Morgan fingerprint density at radius 3 is 2.41 bits per heavy atom. The SMILES string of the molecule is Cc1cc(NC(=O)Nc2ccc(Cl)c(C(F)(F)F)c2)ccc1-c1nccc(Nc2ccn[nH]2)n1. The Morgan fingerprint density at radius 1 is 1.00 bits per heavy atom. The number of nitrogens with zero attached hydrogens (tertiary/aromatic N) is 3. The second-order valence-corrected chi connectivity index (χ2v) is 7.57. The molecule has 8 nitrogen and oxygen atoms in total. The van der Waals surface area contributed by atoms with Crippen molar-refractivity contribution in [3.05, 3.63) is 77.1 Å². The summed E-state index contributed by atoms with van der Waals surface area (Å²) >= 11 is 5.61. The normalized spacial score (nSPS) is 11.2. The van der Waals surface area contributed by atoms with Gasteiger partial charge in [0, 0.05) is 29.2 Å². The molecular weight excluding hydrogens is 471 g/mol. The molecule has 0 aliphatic carbocycles. The minimum Gasteiger partial charge on any atom is -0.325 e. The van der Waals surface area contributed by atoms with E-state index in [1.165, 1.54) is 6.07 Å². The molecule has 0 radical (unpaired) electrons. The van der Waals surface area contributed by atoms with Gasteiger partial charge in [-0.1, -0.05) is 11.6 Å². The van der Waals surface area contributed by atoms with Crippen LogP contribution >= 0.6 is 11.6 Å². The van der Waals surface area contributed by atoms with Crippen molar-refractivity contribution in [3.63, 3.8) is 0 Å². The first-order chi connectivity index (χ1) is 16.2. The molecule has 0 atom stereocenters. The summed E-state index contributed by atoms with van der Waals surface area (Å²) in [4.78, 5) is 21.1. The second-order valence-electron chi connectivity index (χ2n) is 7.16. The number of halogens is 4. The predicted octanol–water partition coefficient (Wildman–Crippen LogP) is 6.23. The van der Waals surface area contributed by atoms with Crippen molar-refractivity contribution in [2.45, 2.75) is 13.1 Å². The maximum Gasteiger partial charge on any atom is 0.417 e. The molecule has 4 N–H and O–H groups in total. The number of amides is 2. The second kappa shape index (κ2) is 9.40. The fourth-order valence-corrected chi connectivity index (χ4v) is 3.35. The molecule has 0 aliphatic heterocycles. The van der Waals surface area contributed by atoms with E-state index in [-0.39, 0.29) is 5.69 Å². The van der Waals surface area contributed by atoms with E-state index in [0.717, 1.165) is 23.3 Å². The summed E-state index contributed by atoms with van der Waals surface area (Å²) in [5, 5.41) is 14.2. The Balaban J connectivity index is 1.46. The number of hydrogen-bond donors (Lipinski definition) is 4. The van der Waals surface area contributed by atoms with Gasteiger partial charge in [0.05, 0.1) is 16.8 Å². The molecule has 34 heavy (non-hydrogen) atoms. The molecule has 2 amide bonds. The number of carbonyl (C=O) groups excluding carboxylic acids is 1. The van der Waals surface area contributed by atoms with E-state index in [4.69, 9.17) is 11.6 Å². The summed E-state index contributed by atoms with van der Waals surface area (Å²) < 4.78 is 39.1. The third kappa shape index (κ3) is 5.44. The van der Waals surface area contributed by atoms with Gasteiger partial charge >= 0.3 is 12.2 Å².